The van der Waals surface area contributed by atoms with Gasteiger partial charge in [-0.3, -0.25) is 4.79 Å². The Morgan fingerprint density at radius 1 is 1.73 bits per heavy atom. The van der Waals surface area contributed by atoms with Gasteiger partial charge in [-0.05, 0) is 25.7 Å². The average Bonchev–Trinajstić information content (AvgIpc) is 2.40. The smallest absolute Gasteiger partial charge is 0.306 e. The lowest BCUT2D eigenvalue weighted by Crippen LogP contribution is -2.08. The molecule has 0 N–H and O–H groups in total. The van der Waals surface area contributed by atoms with Gasteiger partial charge in [0.1, 0.15) is 0 Å². The number of hydrogen-bond donors (Lipinski definition) is 0. The summed E-state index contributed by atoms with van der Waals surface area (Å²) in [5.41, 5.74) is 0. The van der Waals surface area contributed by atoms with E-state index in [9.17, 15) is 4.79 Å². The van der Waals surface area contributed by atoms with Crippen LogP contribution in [0.2, 0.25) is 0 Å². The first-order valence-corrected chi connectivity index (χ1v) is 4.15. The van der Waals surface area contributed by atoms with Crippen LogP contribution in [-0.2, 0) is 9.53 Å². The highest BCUT2D eigenvalue weighted by Crippen LogP contribution is 2.20. The molecule has 0 spiro atoms. The normalized spacial score (nSPS) is 22.1. The first-order valence-electron chi connectivity index (χ1n) is 4.15. The van der Waals surface area contributed by atoms with Gasteiger partial charge in [-0.2, -0.15) is 0 Å². The summed E-state index contributed by atoms with van der Waals surface area (Å²) in [6.45, 7) is 2.33. The molecule has 0 heterocycles. The van der Waals surface area contributed by atoms with Gasteiger partial charge >= 0.3 is 5.97 Å². The molecule has 62 valence electrons. The predicted octanol–water partition coefficient (Wildman–Crippen LogP) is 1.91. The van der Waals surface area contributed by atoms with Crippen molar-refractivity contribution < 1.29 is 9.53 Å². The molecule has 0 aliphatic heterocycles. The molecule has 2 heteroatoms. The number of ether oxygens (including phenoxy) is 1. The van der Waals surface area contributed by atoms with Crippen molar-refractivity contribution in [1.82, 2.24) is 0 Å². The van der Waals surface area contributed by atoms with Crippen LogP contribution in [0.1, 0.15) is 26.2 Å². The fourth-order valence-electron chi connectivity index (χ4n) is 1.30. The molecule has 0 aromatic heterocycles. The van der Waals surface area contributed by atoms with Crippen LogP contribution >= 0.6 is 0 Å². The molecule has 1 atom stereocenters. The van der Waals surface area contributed by atoms with Crippen molar-refractivity contribution in [2.45, 2.75) is 26.2 Å². The monoisotopic (exact) mass is 154 g/mol. The molecule has 0 aromatic rings. The van der Waals surface area contributed by atoms with E-state index in [0.29, 0.717) is 18.9 Å². The number of esters is 1. The van der Waals surface area contributed by atoms with E-state index in [1.165, 1.54) is 0 Å². The topological polar surface area (TPSA) is 26.3 Å². The quantitative estimate of drug-likeness (QED) is 0.458. The minimum atomic E-state index is -0.0657. The predicted molar refractivity (Wildman–Crippen MR) is 43.1 cm³/mol. The van der Waals surface area contributed by atoms with E-state index in [2.05, 4.69) is 12.2 Å². The van der Waals surface area contributed by atoms with Crippen molar-refractivity contribution >= 4 is 5.97 Å². The van der Waals surface area contributed by atoms with Gasteiger partial charge in [-0.25, -0.2) is 0 Å². The molecule has 2 nitrogen and oxygen atoms in total. The van der Waals surface area contributed by atoms with Crippen LogP contribution in [-0.4, -0.2) is 12.6 Å². The lowest BCUT2D eigenvalue weighted by molar-refractivity contribution is -0.143. The molecule has 0 aromatic carbocycles. The van der Waals surface area contributed by atoms with Crippen LogP contribution < -0.4 is 0 Å². The fourth-order valence-corrected chi connectivity index (χ4v) is 1.30. The molecule has 0 fully saturated rings. The minimum absolute atomic E-state index is 0.0657. The van der Waals surface area contributed by atoms with E-state index < -0.39 is 0 Å². The largest absolute Gasteiger partial charge is 0.466 e. The Morgan fingerprint density at radius 3 is 3.09 bits per heavy atom. The van der Waals surface area contributed by atoms with E-state index in [-0.39, 0.29) is 5.97 Å². The minimum Gasteiger partial charge on any atom is -0.466 e. The Kier molecular flexibility index (Phi) is 3.14. The third-order valence-electron chi connectivity index (χ3n) is 1.85. The number of carbonyl (C=O) groups excluding carboxylic acids is 1. The summed E-state index contributed by atoms with van der Waals surface area (Å²) in [6.07, 6.45) is 7.02. The Labute approximate surface area is 67.2 Å². The summed E-state index contributed by atoms with van der Waals surface area (Å²) in [5, 5.41) is 0. The van der Waals surface area contributed by atoms with Crippen molar-refractivity contribution in [1.29, 1.82) is 0 Å². The van der Waals surface area contributed by atoms with Gasteiger partial charge in [-0.15, -0.1) is 0 Å². The number of rotatable bonds is 3. The highest BCUT2D eigenvalue weighted by molar-refractivity contribution is 5.69. The van der Waals surface area contributed by atoms with Gasteiger partial charge in [0.2, 0.25) is 0 Å². The van der Waals surface area contributed by atoms with E-state index in [1.807, 2.05) is 6.92 Å². The molecule has 11 heavy (non-hydrogen) atoms. The van der Waals surface area contributed by atoms with Gasteiger partial charge < -0.3 is 4.74 Å². The zero-order valence-corrected chi connectivity index (χ0v) is 6.88. The van der Waals surface area contributed by atoms with Crippen molar-refractivity contribution in [2.24, 2.45) is 5.92 Å². The van der Waals surface area contributed by atoms with E-state index >= 15 is 0 Å². The fraction of sp³-hybridized carbons (Fsp3) is 0.667. The Morgan fingerprint density at radius 2 is 2.55 bits per heavy atom. The first-order chi connectivity index (χ1) is 5.33. The first kappa shape index (κ1) is 8.31. The maximum absolute atomic E-state index is 10.9. The molecular formula is C9H14O2. The Bertz CT molecular complexity index is 161. The Hall–Kier alpha value is -0.790. The molecule has 0 unspecified atom stereocenters. The molecular weight excluding hydrogens is 140 g/mol. The average molecular weight is 154 g/mol. The zero-order valence-electron chi connectivity index (χ0n) is 6.88. The molecule has 0 amide bonds. The van der Waals surface area contributed by atoms with Crippen LogP contribution in [0.25, 0.3) is 0 Å². The van der Waals surface area contributed by atoms with E-state index in [4.69, 9.17) is 4.74 Å². The summed E-state index contributed by atoms with van der Waals surface area (Å²) >= 11 is 0. The van der Waals surface area contributed by atoms with Crippen LogP contribution in [0.15, 0.2) is 12.2 Å². The molecule has 0 radical (unpaired) electrons. The lowest BCUT2D eigenvalue weighted by atomic mass is 10.1. The second-order valence-electron chi connectivity index (χ2n) is 2.77. The van der Waals surface area contributed by atoms with Crippen molar-refractivity contribution in [3.63, 3.8) is 0 Å². The molecule has 1 rings (SSSR count). The summed E-state index contributed by atoms with van der Waals surface area (Å²) in [6, 6.07) is 0. The summed E-state index contributed by atoms with van der Waals surface area (Å²) in [5.74, 6) is 0.373. The summed E-state index contributed by atoms with van der Waals surface area (Å²) in [7, 11) is 0. The number of allylic oxidation sites excluding steroid dienone is 2. The standard InChI is InChI=1S/C9H14O2/c1-2-11-9(10)7-8-5-3-4-6-8/h3,5,8H,2,4,6-7H2,1H3/t8-/m0/s1. The van der Waals surface area contributed by atoms with Gasteiger partial charge in [0.05, 0.1) is 13.0 Å². The lowest BCUT2D eigenvalue weighted by Gasteiger charge is -2.05. The van der Waals surface area contributed by atoms with Gasteiger partial charge in [-0.1, -0.05) is 12.2 Å². The highest BCUT2D eigenvalue weighted by atomic mass is 16.5. The Balaban J connectivity index is 2.19. The number of carbonyl (C=O) groups is 1. The van der Waals surface area contributed by atoms with Crippen molar-refractivity contribution in [3.8, 4) is 0 Å². The maximum atomic E-state index is 10.9. The second kappa shape index (κ2) is 4.16. The SMILES string of the molecule is CCOC(=O)C[C@H]1C=CCC1. The van der Waals surface area contributed by atoms with Gasteiger partial charge in [0.25, 0.3) is 0 Å². The highest BCUT2D eigenvalue weighted by Gasteiger charge is 2.13. The molecule has 0 saturated heterocycles. The van der Waals surface area contributed by atoms with Crippen LogP contribution in [0, 0.1) is 5.92 Å². The zero-order chi connectivity index (χ0) is 8.10. The molecule has 1 aliphatic carbocycles. The maximum Gasteiger partial charge on any atom is 0.306 e. The van der Waals surface area contributed by atoms with Gasteiger partial charge in [0.15, 0.2) is 0 Å². The van der Waals surface area contributed by atoms with Crippen molar-refractivity contribution in [2.75, 3.05) is 6.61 Å². The van der Waals surface area contributed by atoms with Crippen LogP contribution in [0.4, 0.5) is 0 Å². The van der Waals surface area contributed by atoms with Crippen LogP contribution in [0.3, 0.4) is 0 Å². The van der Waals surface area contributed by atoms with E-state index in [0.717, 1.165) is 12.8 Å². The third kappa shape index (κ3) is 2.74. The van der Waals surface area contributed by atoms with Crippen molar-refractivity contribution in [3.05, 3.63) is 12.2 Å². The molecule has 0 bridgehead atoms. The summed E-state index contributed by atoms with van der Waals surface area (Å²) < 4.78 is 4.83. The number of hydrogen-bond acceptors (Lipinski definition) is 2. The van der Waals surface area contributed by atoms with Gasteiger partial charge in [0, 0.05) is 0 Å². The molecule has 0 saturated carbocycles. The second-order valence-corrected chi connectivity index (χ2v) is 2.77. The molecule has 1 aliphatic rings. The van der Waals surface area contributed by atoms with E-state index in [1.54, 1.807) is 0 Å². The third-order valence-corrected chi connectivity index (χ3v) is 1.85. The summed E-state index contributed by atoms with van der Waals surface area (Å²) in [4.78, 5) is 10.9. The van der Waals surface area contributed by atoms with Crippen LogP contribution in [0.5, 0.6) is 0 Å².